The topological polar surface area (TPSA) is 123 Å². The number of hydrogen-bond acceptors (Lipinski definition) is 5. The number of ether oxygens (including phenoxy) is 1. The highest BCUT2D eigenvalue weighted by Gasteiger charge is 2.26. The summed E-state index contributed by atoms with van der Waals surface area (Å²) in [5, 5.41) is 9.37. The molecular formula is C35H36Cl2N4O4. The van der Waals surface area contributed by atoms with Crippen molar-refractivity contribution in [1.29, 1.82) is 0 Å². The van der Waals surface area contributed by atoms with Crippen LogP contribution in [0.2, 0.25) is 10.0 Å². The molecule has 8 nitrogen and oxygen atoms in total. The van der Waals surface area contributed by atoms with Gasteiger partial charge in [-0.1, -0.05) is 89.9 Å². The summed E-state index contributed by atoms with van der Waals surface area (Å²) >= 11 is 12.1. The first-order chi connectivity index (χ1) is 21.8. The first-order valence-electron chi connectivity index (χ1n) is 14.6. The van der Waals surface area contributed by atoms with Crippen LogP contribution >= 0.6 is 23.2 Å². The zero-order chi connectivity index (χ0) is 32.2. The van der Waals surface area contributed by atoms with E-state index in [4.69, 9.17) is 33.7 Å². The number of halogens is 2. The van der Waals surface area contributed by atoms with Crippen molar-refractivity contribution < 1.29 is 19.1 Å². The summed E-state index contributed by atoms with van der Waals surface area (Å²) in [6.45, 7) is 3.22. The van der Waals surface area contributed by atoms with Gasteiger partial charge in [0.15, 0.2) is 0 Å². The predicted octanol–water partition coefficient (Wildman–Crippen LogP) is 5.58. The molecule has 0 aliphatic carbocycles. The van der Waals surface area contributed by atoms with E-state index in [1.165, 1.54) is 6.07 Å². The van der Waals surface area contributed by atoms with E-state index < -0.39 is 17.7 Å². The molecule has 45 heavy (non-hydrogen) atoms. The molecule has 0 aliphatic heterocycles. The fourth-order valence-electron chi connectivity index (χ4n) is 4.74. The molecule has 0 bridgehead atoms. The molecule has 3 amide bonds. The minimum Gasteiger partial charge on any atom is -0.494 e. The Morgan fingerprint density at radius 1 is 0.711 bits per heavy atom. The van der Waals surface area contributed by atoms with Gasteiger partial charge in [0.25, 0.3) is 5.91 Å². The summed E-state index contributed by atoms with van der Waals surface area (Å²) < 4.78 is 5.56. The molecule has 0 fully saturated rings. The SMILES string of the molecule is CCOc1ccc([C@@H](CNC(=O)c2ccc(Cl)c(Cl)c2)C(=O)NC[C@H](C(=O)NCc2ccc(CN)cc2)c2ccccc2)cc1. The van der Waals surface area contributed by atoms with Gasteiger partial charge < -0.3 is 26.4 Å². The molecule has 5 N–H and O–H groups in total. The number of nitrogens with two attached hydrogens (primary N) is 1. The normalized spacial score (nSPS) is 12.1. The monoisotopic (exact) mass is 646 g/mol. The van der Waals surface area contributed by atoms with Crippen molar-refractivity contribution in [2.24, 2.45) is 5.73 Å². The molecule has 0 heterocycles. The molecule has 4 aromatic rings. The first-order valence-corrected chi connectivity index (χ1v) is 15.4. The van der Waals surface area contributed by atoms with Crippen LogP contribution in [0.25, 0.3) is 0 Å². The third-order valence-electron chi connectivity index (χ3n) is 7.28. The van der Waals surface area contributed by atoms with E-state index in [9.17, 15) is 14.4 Å². The highest BCUT2D eigenvalue weighted by atomic mass is 35.5. The van der Waals surface area contributed by atoms with E-state index in [0.717, 1.165) is 16.7 Å². The average molecular weight is 648 g/mol. The summed E-state index contributed by atoms with van der Waals surface area (Å²) in [6.07, 6.45) is 0. The molecule has 0 aliphatic rings. The van der Waals surface area contributed by atoms with Crippen LogP contribution in [-0.2, 0) is 22.7 Å². The van der Waals surface area contributed by atoms with Gasteiger partial charge in [0.05, 0.1) is 28.5 Å². The maximum Gasteiger partial charge on any atom is 0.251 e. The van der Waals surface area contributed by atoms with Crippen LogP contribution in [0.5, 0.6) is 5.75 Å². The maximum absolute atomic E-state index is 13.7. The molecule has 0 unspecified atom stereocenters. The van der Waals surface area contributed by atoms with Crippen LogP contribution in [0.3, 0.4) is 0 Å². The molecule has 0 saturated carbocycles. The van der Waals surface area contributed by atoms with E-state index in [1.54, 1.807) is 36.4 Å². The largest absolute Gasteiger partial charge is 0.494 e. The Morgan fingerprint density at radius 3 is 1.93 bits per heavy atom. The van der Waals surface area contributed by atoms with Gasteiger partial charge in [-0.25, -0.2) is 0 Å². The van der Waals surface area contributed by atoms with Crippen molar-refractivity contribution >= 4 is 40.9 Å². The molecule has 0 saturated heterocycles. The van der Waals surface area contributed by atoms with Crippen LogP contribution in [-0.4, -0.2) is 37.4 Å². The lowest BCUT2D eigenvalue weighted by atomic mass is 9.95. The average Bonchev–Trinajstić information content (AvgIpc) is 3.06. The minimum absolute atomic E-state index is 0.000110. The van der Waals surface area contributed by atoms with Crippen molar-refractivity contribution in [2.45, 2.75) is 31.8 Å². The van der Waals surface area contributed by atoms with Gasteiger partial charge in [-0.3, -0.25) is 14.4 Å². The van der Waals surface area contributed by atoms with Gasteiger partial charge in [-0.2, -0.15) is 0 Å². The number of benzene rings is 4. The summed E-state index contributed by atoms with van der Waals surface area (Å²) in [7, 11) is 0. The molecule has 0 radical (unpaired) electrons. The Hall–Kier alpha value is -4.37. The van der Waals surface area contributed by atoms with Gasteiger partial charge in [0, 0.05) is 31.7 Å². The number of hydrogen-bond donors (Lipinski definition) is 4. The highest BCUT2D eigenvalue weighted by Crippen LogP contribution is 2.24. The van der Waals surface area contributed by atoms with Gasteiger partial charge in [-0.05, 0) is 59.5 Å². The summed E-state index contributed by atoms with van der Waals surface area (Å²) in [4.78, 5) is 40.1. The molecular weight excluding hydrogens is 611 g/mol. The van der Waals surface area contributed by atoms with E-state index in [-0.39, 0.29) is 29.9 Å². The van der Waals surface area contributed by atoms with E-state index in [2.05, 4.69) is 16.0 Å². The summed E-state index contributed by atoms with van der Waals surface area (Å²) in [6, 6.07) is 28.7. The molecule has 4 rings (SSSR count). The second-order valence-corrected chi connectivity index (χ2v) is 11.2. The molecule has 0 aromatic heterocycles. The maximum atomic E-state index is 13.7. The second-order valence-electron chi connectivity index (χ2n) is 10.3. The number of carbonyl (C=O) groups excluding carboxylic acids is 3. The van der Waals surface area contributed by atoms with E-state index in [0.29, 0.717) is 41.6 Å². The molecule has 0 spiro atoms. The lowest BCUT2D eigenvalue weighted by Crippen LogP contribution is -2.41. The zero-order valence-corrected chi connectivity index (χ0v) is 26.4. The Labute approximate surface area is 273 Å². The van der Waals surface area contributed by atoms with E-state index in [1.807, 2.05) is 61.5 Å². The van der Waals surface area contributed by atoms with Crippen molar-refractivity contribution in [3.05, 3.63) is 135 Å². The molecule has 2 atom stereocenters. The Bertz CT molecular complexity index is 1580. The fraction of sp³-hybridized carbons (Fsp3) is 0.229. The number of amides is 3. The van der Waals surface area contributed by atoms with Gasteiger partial charge in [0.2, 0.25) is 11.8 Å². The Balaban J connectivity index is 1.49. The van der Waals surface area contributed by atoms with Crippen molar-refractivity contribution in [2.75, 3.05) is 19.7 Å². The predicted molar refractivity (Wildman–Crippen MR) is 178 cm³/mol. The minimum atomic E-state index is -0.757. The lowest BCUT2D eigenvalue weighted by Gasteiger charge is -2.22. The molecule has 4 aromatic carbocycles. The second kappa shape index (κ2) is 16.6. The van der Waals surface area contributed by atoms with Crippen molar-refractivity contribution in [3.63, 3.8) is 0 Å². The standard InChI is InChI=1S/C35H36Cl2N4O4/c1-2-45-28-15-12-26(13-16-28)30(21-40-33(42)27-14-17-31(36)32(37)18-27)35(44)41-22-29(25-6-4-3-5-7-25)34(43)39-20-24-10-8-23(19-38)9-11-24/h3-18,29-30H,2,19-22,38H2,1H3,(H,39,43)(H,40,42)(H,41,44)/t29-,30+/m0/s1. The zero-order valence-electron chi connectivity index (χ0n) is 24.9. The number of nitrogens with one attached hydrogen (secondary N) is 3. The fourth-order valence-corrected chi connectivity index (χ4v) is 5.04. The van der Waals surface area contributed by atoms with Crippen LogP contribution < -0.4 is 26.4 Å². The smallest absolute Gasteiger partial charge is 0.251 e. The molecule has 234 valence electrons. The Kier molecular flexibility index (Phi) is 12.4. The summed E-state index contributed by atoms with van der Waals surface area (Å²) in [5.41, 5.74) is 9.38. The first kappa shape index (κ1) is 33.5. The van der Waals surface area contributed by atoms with Crippen molar-refractivity contribution in [3.8, 4) is 5.75 Å². The van der Waals surface area contributed by atoms with Gasteiger partial charge in [-0.15, -0.1) is 0 Å². The van der Waals surface area contributed by atoms with Gasteiger partial charge in [0.1, 0.15) is 5.75 Å². The third-order valence-corrected chi connectivity index (χ3v) is 8.02. The summed E-state index contributed by atoms with van der Waals surface area (Å²) in [5.74, 6) is -1.72. The number of rotatable bonds is 14. The molecule has 10 heteroatoms. The van der Waals surface area contributed by atoms with Crippen LogP contribution in [0, 0.1) is 0 Å². The highest BCUT2D eigenvalue weighted by molar-refractivity contribution is 6.42. The lowest BCUT2D eigenvalue weighted by molar-refractivity contribution is -0.124. The number of carbonyl (C=O) groups is 3. The Morgan fingerprint density at radius 2 is 1.31 bits per heavy atom. The van der Waals surface area contributed by atoms with E-state index >= 15 is 0 Å². The van der Waals surface area contributed by atoms with Crippen LogP contribution in [0.15, 0.2) is 97.1 Å². The quantitative estimate of drug-likeness (QED) is 0.142. The van der Waals surface area contributed by atoms with Crippen LogP contribution in [0.4, 0.5) is 0 Å². The third kappa shape index (κ3) is 9.56. The van der Waals surface area contributed by atoms with Crippen LogP contribution in [0.1, 0.15) is 51.4 Å². The van der Waals surface area contributed by atoms with Gasteiger partial charge >= 0.3 is 0 Å². The van der Waals surface area contributed by atoms with Crippen molar-refractivity contribution in [1.82, 2.24) is 16.0 Å².